The molecule has 0 unspecified atom stereocenters. The predicted molar refractivity (Wildman–Crippen MR) is 53.8 cm³/mol. The van der Waals surface area contributed by atoms with Crippen LogP contribution in [0.1, 0.15) is 6.42 Å². The maximum atomic E-state index is 5.59. The summed E-state index contributed by atoms with van der Waals surface area (Å²) in [4.78, 5) is 0. The Labute approximate surface area is 76.4 Å². The van der Waals surface area contributed by atoms with E-state index in [9.17, 15) is 0 Å². The molecule has 12 heavy (non-hydrogen) atoms. The zero-order valence-corrected chi connectivity index (χ0v) is 9.43. The first-order chi connectivity index (χ1) is 5.56. The van der Waals surface area contributed by atoms with Crippen LogP contribution in [0.3, 0.4) is 0 Å². The minimum absolute atomic E-state index is 0.699. The number of hydrogen-bond donors (Lipinski definition) is 1. The van der Waals surface area contributed by atoms with Gasteiger partial charge in [-0.15, -0.1) is 0 Å². The van der Waals surface area contributed by atoms with Crippen molar-refractivity contribution in [3.05, 3.63) is 0 Å². The van der Waals surface area contributed by atoms with Crippen molar-refractivity contribution in [2.75, 3.05) is 26.4 Å². The SMILES string of the molecule is C[Si](C)(C)OCCOCCCN. The third-order valence-corrected chi connectivity index (χ3v) is 2.33. The summed E-state index contributed by atoms with van der Waals surface area (Å²) in [6, 6.07) is 0. The fraction of sp³-hybridized carbons (Fsp3) is 1.00. The molecule has 0 aromatic carbocycles. The van der Waals surface area contributed by atoms with E-state index in [-0.39, 0.29) is 0 Å². The van der Waals surface area contributed by atoms with E-state index in [1.807, 2.05) is 0 Å². The number of rotatable bonds is 7. The molecule has 0 saturated carbocycles. The van der Waals surface area contributed by atoms with Gasteiger partial charge in [-0.3, -0.25) is 0 Å². The summed E-state index contributed by atoms with van der Waals surface area (Å²) in [6.45, 7) is 9.40. The van der Waals surface area contributed by atoms with Gasteiger partial charge in [-0.2, -0.15) is 0 Å². The van der Waals surface area contributed by atoms with Crippen molar-refractivity contribution in [1.82, 2.24) is 0 Å². The maximum absolute atomic E-state index is 5.59. The average molecular weight is 191 g/mol. The second-order valence-corrected chi connectivity index (χ2v) is 8.23. The van der Waals surface area contributed by atoms with Gasteiger partial charge in [0, 0.05) is 6.61 Å². The minimum Gasteiger partial charge on any atom is -0.415 e. The molecule has 0 saturated heterocycles. The largest absolute Gasteiger partial charge is 0.415 e. The highest BCUT2D eigenvalue weighted by Crippen LogP contribution is 2.01. The van der Waals surface area contributed by atoms with Crippen molar-refractivity contribution in [2.45, 2.75) is 26.1 Å². The number of hydrogen-bond acceptors (Lipinski definition) is 3. The average Bonchev–Trinajstić information content (AvgIpc) is 1.94. The van der Waals surface area contributed by atoms with E-state index >= 15 is 0 Å². The molecule has 2 N–H and O–H groups in total. The fourth-order valence-corrected chi connectivity index (χ4v) is 1.39. The van der Waals surface area contributed by atoms with Gasteiger partial charge in [-0.1, -0.05) is 0 Å². The first-order valence-electron chi connectivity index (χ1n) is 4.48. The van der Waals surface area contributed by atoms with E-state index in [2.05, 4.69) is 19.6 Å². The van der Waals surface area contributed by atoms with Gasteiger partial charge in [0.1, 0.15) is 0 Å². The van der Waals surface area contributed by atoms with Crippen LogP contribution in [0, 0.1) is 0 Å². The van der Waals surface area contributed by atoms with Crippen LogP contribution in [0.4, 0.5) is 0 Å². The minimum atomic E-state index is -1.33. The Morgan fingerprint density at radius 1 is 1.08 bits per heavy atom. The van der Waals surface area contributed by atoms with E-state index in [1.165, 1.54) is 0 Å². The second-order valence-electron chi connectivity index (χ2n) is 3.72. The van der Waals surface area contributed by atoms with E-state index < -0.39 is 8.32 Å². The van der Waals surface area contributed by atoms with Gasteiger partial charge >= 0.3 is 0 Å². The van der Waals surface area contributed by atoms with Crippen LogP contribution >= 0.6 is 0 Å². The Balaban J connectivity index is 3.01. The molecule has 0 bridgehead atoms. The molecule has 0 aromatic heterocycles. The topological polar surface area (TPSA) is 44.5 Å². The third-order valence-electron chi connectivity index (χ3n) is 1.26. The first kappa shape index (κ1) is 12.1. The van der Waals surface area contributed by atoms with Crippen molar-refractivity contribution in [2.24, 2.45) is 5.73 Å². The highest BCUT2D eigenvalue weighted by molar-refractivity contribution is 6.69. The summed E-state index contributed by atoms with van der Waals surface area (Å²) in [5.74, 6) is 0. The molecule has 0 rings (SSSR count). The molecule has 0 aliphatic carbocycles. The van der Waals surface area contributed by atoms with E-state index in [1.54, 1.807) is 0 Å². The van der Waals surface area contributed by atoms with Crippen molar-refractivity contribution in [3.63, 3.8) is 0 Å². The molecule has 0 aromatic rings. The third kappa shape index (κ3) is 10.1. The zero-order valence-electron chi connectivity index (χ0n) is 8.43. The maximum Gasteiger partial charge on any atom is 0.183 e. The van der Waals surface area contributed by atoms with Crippen LogP contribution in [0.15, 0.2) is 0 Å². The molecule has 3 nitrogen and oxygen atoms in total. The Bertz CT molecular complexity index is 104. The quantitative estimate of drug-likeness (QED) is 0.486. The van der Waals surface area contributed by atoms with Crippen LogP contribution in [0.5, 0.6) is 0 Å². The molecule has 0 radical (unpaired) electrons. The zero-order chi connectivity index (χ0) is 9.45. The molecule has 0 amide bonds. The summed E-state index contributed by atoms with van der Waals surface area (Å²) < 4.78 is 10.9. The molecule has 0 atom stereocenters. The van der Waals surface area contributed by atoms with Gasteiger partial charge < -0.3 is 14.9 Å². The Morgan fingerprint density at radius 3 is 2.25 bits per heavy atom. The molecule has 0 aliphatic heterocycles. The Hall–Kier alpha value is 0.0969. The molecule has 4 heteroatoms. The monoisotopic (exact) mass is 191 g/mol. The molecule has 0 heterocycles. The van der Waals surface area contributed by atoms with Gasteiger partial charge in [0.2, 0.25) is 0 Å². The van der Waals surface area contributed by atoms with Gasteiger partial charge in [0.05, 0.1) is 13.2 Å². The highest BCUT2D eigenvalue weighted by Gasteiger charge is 2.12. The van der Waals surface area contributed by atoms with Crippen LogP contribution in [-0.2, 0) is 9.16 Å². The van der Waals surface area contributed by atoms with Crippen LogP contribution in [-0.4, -0.2) is 34.7 Å². The fourth-order valence-electron chi connectivity index (χ4n) is 0.694. The lowest BCUT2D eigenvalue weighted by atomic mass is 10.5. The van der Waals surface area contributed by atoms with Gasteiger partial charge in [0.15, 0.2) is 8.32 Å². The van der Waals surface area contributed by atoms with Crippen molar-refractivity contribution < 1.29 is 9.16 Å². The number of nitrogens with two attached hydrogens (primary N) is 1. The van der Waals surface area contributed by atoms with Gasteiger partial charge in [-0.25, -0.2) is 0 Å². The Morgan fingerprint density at radius 2 is 1.75 bits per heavy atom. The summed E-state index contributed by atoms with van der Waals surface area (Å²) in [5.41, 5.74) is 5.31. The molecular formula is C8H21NO2Si. The van der Waals surface area contributed by atoms with E-state index in [0.717, 1.165) is 19.6 Å². The lowest BCUT2D eigenvalue weighted by molar-refractivity contribution is 0.0973. The predicted octanol–water partition coefficient (Wildman–Crippen LogP) is 1.20. The molecule has 0 spiro atoms. The van der Waals surface area contributed by atoms with Crippen molar-refractivity contribution in [3.8, 4) is 0 Å². The van der Waals surface area contributed by atoms with Crippen molar-refractivity contribution >= 4 is 8.32 Å². The lowest BCUT2D eigenvalue weighted by Gasteiger charge is -2.16. The summed E-state index contributed by atoms with van der Waals surface area (Å²) >= 11 is 0. The first-order valence-corrected chi connectivity index (χ1v) is 7.89. The standard InChI is InChI=1S/C8H21NO2Si/c1-12(2,3)11-8-7-10-6-4-5-9/h4-9H2,1-3H3. The second kappa shape index (κ2) is 6.60. The number of ether oxygens (including phenoxy) is 1. The summed E-state index contributed by atoms with van der Waals surface area (Å²) in [7, 11) is -1.33. The Kier molecular flexibility index (Phi) is 6.65. The smallest absolute Gasteiger partial charge is 0.183 e. The van der Waals surface area contributed by atoms with Crippen LogP contribution in [0.25, 0.3) is 0 Å². The normalized spacial score (nSPS) is 12.0. The summed E-state index contributed by atoms with van der Waals surface area (Å²) in [6.07, 6.45) is 0.937. The van der Waals surface area contributed by atoms with Crippen molar-refractivity contribution in [1.29, 1.82) is 0 Å². The molecule has 0 aliphatic rings. The molecule has 74 valence electrons. The molecular weight excluding hydrogens is 170 g/mol. The van der Waals surface area contributed by atoms with Gasteiger partial charge in [-0.05, 0) is 32.6 Å². The highest BCUT2D eigenvalue weighted by atomic mass is 28.4. The summed E-state index contributed by atoms with van der Waals surface area (Å²) in [5, 5.41) is 0. The van der Waals surface area contributed by atoms with E-state index in [0.29, 0.717) is 13.2 Å². The molecule has 0 fully saturated rings. The van der Waals surface area contributed by atoms with Crippen LogP contribution < -0.4 is 5.73 Å². The van der Waals surface area contributed by atoms with Gasteiger partial charge in [0.25, 0.3) is 0 Å². The lowest BCUT2D eigenvalue weighted by Crippen LogP contribution is -2.27. The van der Waals surface area contributed by atoms with E-state index in [4.69, 9.17) is 14.9 Å². The van der Waals surface area contributed by atoms with Crippen LogP contribution in [0.2, 0.25) is 19.6 Å².